The van der Waals surface area contributed by atoms with Gasteiger partial charge in [-0.2, -0.15) is 0 Å². The molecular weight excluding hydrogens is 134 g/mol. The quantitative estimate of drug-likeness (QED) is 0.562. The van der Waals surface area contributed by atoms with Gasteiger partial charge in [-0.05, 0) is 46.6 Å². The molecule has 0 amide bonds. The zero-order valence-electron chi connectivity index (χ0n) is 8.52. The van der Waals surface area contributed by atoms with Crippen LogP contribution in [0, 0.1) is 5.92 Å². The molecule has 0 spiro atoms. The second-order valence-corrected chi connectivity index (χ2v) is 5.01. The highest BCUT2D eigenvalue weighted by atomic mass is 15.2. The van der Waals surface area contributed by atoms with Crippen molar-refractivity contribution in [3.05, 3.63) is 0 Å². The third-order valence-electron chi connectivity index (χ3n) is 2.95. The number of rotatable bonds is 1. The molecule has 0 aromatic heterocycles. The van der Waals surface area contributed by atoms with E-state index in [0.717, 1.165) is 12.0 Å². The lowest BCUT2D eigenvalue weighted by molar-refractivity contribution is 0.0393. The minimum Gasteiger partial charge on any atom is -0.299 e. The van der Waals surface area contributed by atoms with Crippen molar-refractivity contribution in [3.63, 3.8) is 0 Å². The van der Waals surface area contributed by atoms with Crippen LogP contribution in [0.5, 0.6) is 0 Å². The van der Waals surface area contributed by atoms with Crippen LogP contribution in [-0.2, 0) is 0 Å². The van der Waals surface area contributed by atoms with Crippen molar-refractivity contribution in [1.29, 1.82) is 0 Å². The summed E-state index contributed by atoms with van der Waals surface area (Å²) in [5, 5.41) is 0. The van der Waals surface area contributed by atoms with Crippen LogP contribution in [0.1, 0.15) is 40.5 Å². The Morgan fingerprint density at radius 3 is 1.91 bits per heavy atom. The van der Waals surface area contributed by atoms with E-state index in [1.807, 2.05) is 0 Å². The van der Waals surface area contributed by atoms with Gasteiger partial charge in [-0.25, -0.2) is 0 Å². The van der Waals surface area contributed by atoms with Crippen LogP contribution >= 0.6 is 0 Å². The summed E-state index contributed by atoms with van der Waals surface area (Å²) in [5.41, 5.74) is 0.352. The van der Waals surface area contributed by atoms with Gasteiger partial charge in [0.2, 0.25) is 0 Å². The van der Waals surface area contributed by atoms with Gasteiger partial charge < -0.3 is 0 Å². The van der Waals surface area contributed by atoms with Crippen molar-refractivity contribution in [2.75, 3.05) is 7.05 Å². The molecule has 66 valence electrons. The van der Waals surface area contributed by atoms with Crippen LogP contribution in [0.4, 0.5) is 0 Å². The molecule has 0 radical (unpaired) electrons. The number of nitrogens with zero attached hydrogens (tertiary/aromatic N) is 1. The van der Waals surface area contributed by atoms with E-state index >= 15 is 0 Å². The zero-order valence-corrected chi connectivity index (χ0v) is 8.52. The normalized spacial score (nSPS) is 32.2. The standard InChI is InChI=1S/C10H21N/c1-8-6-9(7-8)11(5)10(2,3)4/h8-9H,6-7H2,1-5H3/t8-,9-. The summed E-state index contributed by atoms with van der Waals surface area (Å²) in [6, 6.07) is 0.852. The molecule has 0 aliphatic heterocycles. The van der Waals surface area contributed by atoms with Gasteiger partial charge in [0.1, 0.15) is 0 Å². The SMILES string of the molecule is CN([C@H]1C[C@H](C)C1)C(C)(C)C. The smallest absolute Gasteiger partial charge is 0.0124 e. The molecule has 0 bridgehead atoms. The first-order valence-corrected chi connectivity index (χ1v) is 4.64. The van der Waals surface area contributed by atoms with E-state index in [0.29, 0.717) is 5.54 Å². The van der Waals surface area contributed by atoms with Gasteiger partial charge in [0.05, 0.1) is 0 Å². The fourth-order valence-electron chi connectivity index (χ4n) is 1.72. The highest BCUT2D eigenvalue weighted by Crippen LogP contribution is 2.33. The van der Waals surface area contributed by atoms with Crippen LogP contribution in [0.2, 0.25) is 0 Å². The van der Waals surface area contributed by atoms with Gasteiger partial charge in [-0.15, -0.1) is 0 Å². The topological polar surface area (TPSA) is 3.24 Å². The first kappa shape index (κ1) is 9.05. The maximum atomic E-state index is 2.51. The molecule has 0 heterocycles. The number of hydrogen-bond donors (Lipinski definition) is 0. The highest BCUT2D eigenvalue weighted by molar-refractivity contribution is 4.88. The average molecular weight is 155 g/mol. The fourth-order valence-corrected chi connectivity index (χ4v) is 1.72. The second-order valence-electron chi connectivity index (χ2n) is 5.01. The monoisotopic (exact) mass is 155 g/mol. The Kier molecular flexibility index (Phi) is 2.29. The Labute approximate surface area is 70.8 Å². The van der Waals surface area contributed by atoms with Gasteiger partial charge in [0, 0.05) is 11.6 Å². The molecule has 0 atom stereocenters. The minimum absolute atomic E-state index is 0.352. The Hall–Kier alpha value is -0.0400. The number of hydrogen-bond acceptors (Lipinski definition) is 1. The van der Waals surface area contributed by atoms with Crippen molar-refractivity contribution in [3.8, 4) is 0 Å². The van der Waals surface area contributed by atoms with E-state index in [2.05, 4.69) is 39.6 Å². The third kappa shape index (κ3) is 1.96. The van der Waals surface area contributed by atoms with Crippen molar-refractivity contribution >= 4 is 0 Å². The summed E-state index contributed by atoms with van der Waals surface area (Å²) < 4.78 is 0. The van der Waals surface area contributed by atoms with Gasteiger partial charge >= 0.3 is 0 Å². The molecule has 1 heteroatoms. The lowest BCUT2D eigenvalue weighted by Crippen LogP contribution is -2.50. The summed E-state index contributed by atoms with van der Waals surface area (Å²) >= 11 is 0. The Balaban J connectivity index is 2.38. The summed E-state index contributed by atoms with van der Waals surface area (Å²) in [5.74, 6) is 0.963. The highest BCUT2D eigenvalue weighted by Gasteiger charge is 2.33. The van der Waals surface area contributed by atoms with Gasteiger partial charge in [-0.1, -0.05) is 6.92 Å². The first-order valence-electron chi connectivity index (χ1n) is 4.64. The molecule has 0 N–H and O–H groups in total. The van der Waals surface area contributed by atoms with Crippen molar-refractivity contribution in [2.45, 2.75) is 52.1 Å². The molecule has 1 saturated carbocycles. The van der Waals surface area contributed by atoms with E-state index < -0.39 is 0 Å². The molecule has 11 heavy (non-hydrogen) atoms. The summed E-state index contributed by atoms with van der Waals surface area (Å²) in [4.78, 5) is 2.51. The molecule has 1 rings (SSSR count). The molecule has 1 aliphatic carbocycles. The van der Waals surface area contributed by atoms with E-state index in [9.17, 15) is 0 Å². The lowest BCUT2D eigenvalue weighted by atomic mass is 9.79. The van der Waals surface area contributed by atoms with Crippen molar-refractivity contribution < 1.29 is 0 Å². The summed E-state index contributed by atoms with van der Waals surface area (Å²) in [6.07, 6.45) is 2.79. The zero-order chi connectivity index (χ0) is 8.65. The summed E-state index contributed by atoms with van der Waals surface area (Å²) in [7, 11) is 2.25. The van der Waals surface area contributed by atoms with Crippen LogP contribution in [0.15, 0.2) is 0 Å². The Morgan fingerprint density at radius 1 is 1.18 bits per heavy atom. The molecule has 1 fully saturated rings. The van der Waals surface area contributed by atoms with E-state index in [1.165, 1.54) is 12.8 Å². The van der Waals surface area contributed by atoms with Gasteiger partial charge in [0.15, 0.2) is 0 Å². The molecule has 0 aromatic rings. The molecule has 1 nitrogen and oxygen atoms in total. The first-order chi connectivity index (χ1) is 4.91. The third-order valence-corrected chi connectivity index (χ3v) is 2.95. The Morgan fingerprint density at radius 2 is 1.64 bits per heavy atom. The molecule has 0 saturated heterocycles. The van der Waals surface area contributed by atoms with E-state index in [1.54, 1.807) is 0 Å². The van der Waals surface area contributed by atoms with Crippen LogP contribution < -0.4 is 0 Å². The predicted octanol–water partition coefficient (Wildman–Crippen LogP) is 2.52. The minimum atomic E-state index is 0.352. The molecule has 0 aromatic carbocycles. The summed E-state index contributed by atoms with van der Waals surface area (Å²) in [6.45, 7) is 9.20. The van der Waals surface area contributed by atoms with E-state index in [-0.39, 0.29) is 0 Å². The fraction of sp³-hybridized carbons (Fsp3) is 1.00. The van der Waals surface area contributed by atoms with Crippen LogP contribution in [0.25, 0.3) is 0 Å². The Bertz CT molecular complexity index is 128. The van der Waals surface area contributed by atoms with Gasteiger partial charge in [0.25, 0.3) is 0 Å². The molecule has 1 aliphatic rings. The van der Waals surface area contributed by atoms with E-state index in [4.69, 9.17) is 0 Å². The van der Waals surface area contributed by atoms with Crippen molar-refractivity contribution in [1.82, 2.24) is 4.90 Å². The largest absolute Gasteiger partial charge is 0.299 e. The average Bonchev–Trinajstić information content (AvgIpc) is 1.77. The predicted molar refractivity (Wildman–Crippen MR) is 49.7 cm³/mol. The maximum absolute atomic E-state index is 2.51. The lowest BCUT2D eigenvalue weighted by Gasteiger charge is -2.46. The second kappa shape index (κ2) is 2.78. The van der Waals surface area contributed by atoms with Gasteiger partial charge in [-0.3, -0.25) is 4.90 Å². The molecule has 0 unspecified atom stereocenters. The van der Waals surface area contributed by atoms with Crippen LogP contribution in [-0.4, -0.2) is 23.5 Å². The maximum Gasteiger partial charge on any atom is 0.0124 e. The van der Waals surface area contributed by atoms with Crippen LogP contribution in [0.3, 0.4) is 0 Å². The van der Waals surface area contributed by atoms with Crippen molar-refractivity contribution in [2.24, 2.45) is 5.92 Å². The molecular formula is C10H21N.